The van der Waals surface area contributed by atoms with Crippen LogP contribution < -0.4 is 0 Å². The van der Waals surface area contributed by atoms with E-state index in [1.165, 1.54) is 6.92 Å². The van der Waals surface area contributed by atoms with Crippen molar-refractivity contribution >= 4 is 5.97 Å². The molecule has 0 aliphatic carbocycles. The van der Waals surface area contributed by atoms with E-state index in [1.807, 2.05) is 0 Å². The Balaban J connectivity index is 2.92. The number of carbonyl (C=O) groups excluding carboxylic acids is 1. The molecule has 0 spiro atoms. The molecule has 0 unspecified atom stereocenters. The SMILES string of the molecule is Cc1nc(F)ncc1C(=O)OC(C)(C)C. The number of rotatable bonds is 1. The van der Waals surface area contributed by atoms with Crippen LogP contribution in [0.3, 0.4) is 0 Å². The predicted octanol–water partition coefficient (Wildman–Crippen LogP) is 1.88. The van der Waals surface area contributed by atoms with Crippen molar-refractivity contribution in [2.75, 3.05) is 0 Å². The first-order valence-corrected chi connectivity index (χ1v) is 4.52. The zero-order chi connectivity index (χ0) is 11.6. The number of halogens is 1. The van der Waals surface area contributed by atoms with Gasteiger partial charge in [-0.2, -0.15) is 4.39 Å². The molecule has 82 valence electrons. The Morgan fingerprint density at radius 2 is 2.07 bits per heavy atom. The number of hydrogen-bond donors (Lipinski definition) is 0. The van der Waals surface area contributed by atoms with Crippen LogP contribution in [0.2, 0.25) is 0 Å². The average Bonchev–Trinajstić information content (AvgIpc) is 1.99. The Kier molecular flexibility index (Phi) is 3.02. The zero-order valence-electron chi connectivity index (χ0n) is 9.17. The van der Waals surface area contributed by atoms with Gasteiger partial charge in [0.2, 0.25) is 0 Å². The summed E-state index contributed by atoms with van der Waals surface area (Å²) in [5, 5.41) is 0. The van der Waals surface area contributed by atoms with Crippen molar-refractivity contribution < 1.29 is 13.9 Å². The fourth-order valence-corrected chi connectivity index (χ4v) is 0.972. The van der Waals surface area contributed by atoms with Crippen molar-refractivity contribution in [3.05, 3.63) is 23.5 Å². The Labute approximate surface area is 87.5 Å². The molecule has 15 heavy (non-hydrogen) atoms. The molecule has 1 aromatic heterocycles. The van der Waals surface area contributed by atoms with E-state index < -0.39 is 17.6 Å². The summed E-state index contributed by atoms with van der Waals surface area (Å²) in [5.41, 5.74) is -0.124. The minimum Gasteiger partial charge on any atom is -0.456 e. The second-order valence-corrected chi connectivity index (χ2v) is 4.14. The third kappa shape index (κ3) is 3.27. The quantitative estimate of drug-likeness (QED) is 0.526. The van der Waals surface area contributed by atoms with E-state index in [4.69, 9.17) is 4.74 Å². The van der Waals surface area contributed by atoms with Gasteiger partial charge < -0.3 is 4.74 Å². The molecule has 0 bridgehead atoms. The Bertz CT molecular complexity index is 385. The summed E-state index contributed by atoms with van der Waals surface area (Å²) < 4.78 is 17.7. The van der Waals surface area contributed by atoms with E-state index in [9.17, 15) is 9.18 Å². The van der Waals surface area contributed by atoms with E-state index in [1.54, 1.807) is 20.8 Å². The zero-order valence-corrected chi connectivity index (χ0v) is 9.17. The molecule has 0 saturated heterocycles. The van der Waals surface area contributed by atoms with Gasteiger partial charge in [-0.05, 0) is 27.7 Å². The van der Waals surface area contributed by atoms with Crippen LogP contribution in [0.1, 0.15) is 36.8 Å². The lowest BCUT2D eigenvalue weighted by molar-refractivity contribution is 0.00675. The Hall–Kier alpha value is -1.52. The first kappa shape index (κ1) is 11.6. The summed E-state index contributed by atoms with van der Waals surface area (Å²) in [6.45, 7) is 6.80. The Morgan fingerprint density at radius 3 is 2.53 bits per heavy atom. The molecule has 0 aliphatic rings. The molecule has 1 heterocycles. The maximum Gasteiger partial charge on any atom is 0.342 e. The van der Waals surface area contributed by atoms with Crippen LogP contribution in [0, 0.1) is 13.0 Å². The van der Waals surface area contributed by atoms with Gasteiger partial charge in [0.15, 0.2) is 0 Å². The highest BCUT2D eigenvalue weighted by Crippen LogP contribution is 2.13. The third-order valence-electron chi connectivity index (χ3n) is 1.57. The Morgan fingerprint density at radius 1 is 1.47 bits per heavy atom. The van der Waals surface area contributed by atoms with Gasteiger partial charge in [0.1, 0.15) is 5.60 Å². The highest BCUT2D eigenvalue weighted by atomic mass is 19.1. The van der Waals surface area contributed by atoms with Crippen molar-refractivity contribution in [2.45, 2.75) is 33.3 Å². The van der Waals surface area contributed by atoms with Gasteiger partial charge in [-0.1, -0.05) is 0 Å². The van der Waals surface area contributed by atoms with Crippen LogP contribution >= 0.6 is 0 Å². The maximum atomic E-state index is 12.6. The van der Waals surface area contributed by atoms with E-state index in [0.29, 0.717) is 0 Å². The lowest BCUT2D eigenvalue weighted by atomic mass is 10.2. The van der Waals surface area contributed by atoms with E-state index in [-0.39, 0.29) is 11.3 Å². The molecule has 1 aromatic rings. The molecule has 0 aromatic carbocycles. The molecule has 0 atom stereocenters. The van der Waals surface area contributed by atoms with Gasteiger partial charge in [-0.15, -0.1) is 0 Å². The lowest BCUT2D eigenvalue weighted by Gasteiger charge is -2.19. The van der Waals surface area contributed by atoms with Gasteiger partial charge in [-0.3, -0.25) is 0 Å². The monoisotopic (exact) mass is 212 g/mol. The number of carbonyl (C=O) groups is 1. The van der Waals surface area contributed by atoms with Crippen molar-refractivity contribution in [3.8, 4) is 0 Å². The summed E-state index contributed by atoms with van der Waals surface area (Å²) in [4.78, 5) is 18.3. The molecule has 0 amide bonds. The van der Waals surface area contributed by atoms with Crippen LogP contribution in [0.4, 0.5) is 4.39 Å². The minimum absolute atomic E-state index is 0.186. The molecule has 0 saturated carbocycles. The van der Waals surface area contributed by atoms with E-state index in [2.05, 4.69) is 9.97 Å². The molecule has 0 aliphatic heterocycles. The number of aromatic nitrogens is 2. The van der Waals surface area contributed by atoms with Gasteiger partial charge in [-0.25, -0.2) is 14.8 Å². The fraction of sp³-hybridized carbons (Fsp3) is 0.500. The highest BCUT2D eigenvalue weighted by molar-refractivity contribution is 5.90. The maximum absolute atomic E-state index is 12.6. The predicted molar refractivity (Wildman–Crippen MR) is 51.9 cm³/mol. The molecule has 1 rings (SSSR count). The normalized spacial score (nSPS) is 11.3. The lowest BCUT2D eigenvalue weighted by Crippen LogP contribution is -2.24. The van der Waals surface area contributed by atoms with Crippen molar-refractivity contribution in [3.63, 3.8) is 0 Å². The van der Waals surface area contributed by atoms with Gasteiger partial charge in [0, 0.05) is 6.20 Å². The van der Waals surface area contributed by atoms with Gasteiger partial charge in [0.05, 0.1) is 11.3 Å². The topological polar surface area (TPSA) is 52.1 Å². The second-order valence-electron chi connectivity index (χ2n) is 4.14. The summed E-state index contributed by atoms with van der Waals surface area (Å²) >= 11 is 0. The molecule has 4 nitrogen and oxygen atoms in total. The molecular weight excluding hydrogens is 199 g/mol. The molecular formula is C10H13FN2O2. The number of ether oxygens (including phenoxy) is 1. The minimum atomic E-state index is -0.847. The third-order valence-corrected chi connectivity index (χ3v) is 1.57. The molecule has 5 heteroatoms. The van der Waals surface area contributed by atoms with Crippen LogP contribution in [-0.2, 0) is 4.74 Å². The standard InChI is InChI=1S/C10H13FN2O2/c1-6-7(5-12-9(11)13-6)8(14)15-10(2,3)4/h5H,1-4H3. The molecule has 0 N–H and O–H groups in total. The highest BCUT2D eigenvalue weighted by Gasteiger charge is 2.20. The van der Waals surface area contributed by atoms with E-state index in [0.717, 1.165) is 6.20 Å². The van der Waals surface area contributed by atoms with E-state index >= 15 is 0 Å². The van der Waals surface area contributed by atoms with Crippen LogP contribution in [0.25, 0.3) is 0 Å². The number of aryl methyl sites for hydroxylation is 1. The summed E-state index contributed by atoms with van der Waals surface area (Å²) in [7, 11) is 0. The van der Waals surface area contributed by atoms with Crippen molar-refractivity contribution in [2.24, 2.45) is 0 Å². The van der Waals surface area contributed by atoms with Gasteiger partial charge in [0.25, 0.3) is 0 Å². The second kappa shape index (κ2) is 3.92. The number of hydrogen-bond acceptors (Lipinski definition) is 4. The van der Waals surface area contributed by atoms with Crippen LogP contribution in [0.5, 0.6) is 0 Å². The number of esters is 1. The van der Waals surface area contributed by atoms with Crippen LogP contribution in [-0.4, -0.2) is 21.5 Å². The molecule has 0 fully saturated rings. The van der Waals surface area contributed by atoms with Gasteiger partial charge >= 0.3 is 12.0 Å². The molecule has 0 radical (unpaired) electrons. The average molecular weight is 212 g/mol. The summed E-state index contributed by atoms with van der Waals surface area (Å²) in [6, 6.07) is 0. The van der Waals surface area contributed by atoms with Crippen molar-refractivity contribution in [1.82, 2.24) is 9.97 Å². The summed E-state index contributed by atoms with van der Waals surface area (Å²) in [6.07, 6.45) is 0.283. The largest absolute Gasteiger partial charge is 0.456 e. The number of nitrogens with zero attached hydrogens (tertiary/aromatic N) is 2. The first-order valence-electron chi connectivity index (χ1n) is 4.52. The summed E-state index contributed by atoms with van der Waals surface area (Å²) in [5.74, 6) is -0.542. The smallest absolute Gasteiger partial charge is 0.342 e. The van der Waals surface area contributed by atoms with Crippen LogP contribution in [0.15, 0.2) is 6.20 Å². The first-order chi connectivity index (χ1) is 6.79. The van der Waals surface area contributed by atoms with Crippen molar-refractivity contribution in [1.29, 1.82) is 0 Å². The fourth-order valence-electron chi connectivity index (χ4n) is 0.972.